The Morgan fingerprint density at radius 1 is 0.750 bits per heavy atom. The molecule has 0 aromatic heterocycles. The van der Waals surface area contributed by atoms with Crippen molar-refractivity contribution in [2.24, 2.45) is 0 Å². The summed E-state index contributed by atoms with van der Waals surface area (Å²) in [7, 11) is 0. The van der Waals surface area contributed by atoms with Crippen LogP contribution in [0.3, 0.4) is 0 Å². The molecule has 0 bridgehead atoms. The largest absolute Gasteiger partial charge is 0 e. The average Bonchev–Trinajstić information content (AvgIpc) is 0. The van der Waals surface area contributed by atoms with Gasteiger partial charge < -0.3 is 0 Å². The second-order valence-electron chi connectivity index (χ2n) is 0. The zero-order valence-corrected chi connectivity index (χ0v) is 6.95. The van der Waals surface area contributed by atoms with Gasteiger partial charge in [0.05, 0.1) is 0 Å². The maximum absolute atomic E-state index is 0. The Labute approximate surface area is 74.9 Å². The van der Waals surface area contributed by atoms with E-state index < -0.39 is 0 Å². The van der Waals surface area contributed by atoms with Crippen LogP contribution in [0.25, 0.3) is 0 Å². The molecule has 0 aromatic carbocycles. The molecule has 0 fully saturated rings. The van der Waals surface area contributed by atoms with Crippen LogP contribution in [-0.4, -0.2) is 0 Å². The average molecular weight is 421 g/mol. The first-order chi connectivity index (χ1) is 0. The molecule has 0 aromatic rings. The van der Waals surface area contributed by atoms with E-state index in [0.29, 0.717) is 0 Å². The van der Waals surface area contributed by atoms with Crippen LogP contribution in [0, 0.1) is 0 Å². The van der Waals surface area contributed by atoms with Gasteiger partial charge in [-0.2, -0.15) is 0 Å². The van der Waals surface area contributed by atoms with E-state index in [1.54, 1.807) is 0 Å². The van der Waals surface area contributed by atoms with Crippen molar-refractivity contribution in [3.8, 4) is 0 Å². The standard InChI is InChI=1S/Au.2Ni.Pd. The maximum Gasteiger partial charge on any atom is 0 e. The number of rotatable bonds is 0. The molecule has 0 saturated carbocycles. The third-order valence-corrected chi connectivity index (χ3v) is 0. The summed E-state index contributed by atoms with van der Waals surface area (Å²) in [5.74, 6) is 0. The zero-order chi connectivity index (χ0) is 0. The number of hydrogen-bond donors (Lipinski definition) is 0. The predicted molar refractivity (Wildman–Crippen MR) is 0 cm³/mol. The Balaban J connectivity index is 0. The van der Waals surface area contributed by atoms with E-state index in [1.807, 2.05) is 0 Å². The predicted octanol–water partition coefficient (Wildman–Crippen LogP) is -0.0100. The Morgan fingerprint density at radius 3 is 0.750 bits per heavy atom. The molecular weight excluding hydrogens is 421 g/mol. The molecule has 0 spiro atoms. The minimum Gasteiger partial charge on any atom is 0 e. The number of hydrogen-bond acceptors (Lipinski definition) is 0. The van der Waals surface area contributed by atoms with Gasteiger partial charge >= 0.3 is 0 Å². The molecule has 0 atom stereocenters. The molecule has 0 rings (SSSR count). The summed E-state index contributed by atoms with van der Waals surface area (Å²) in [6, 6.07) is 0. The summed E-state index contributed by atoms with van der Waals surface area (Å²) < 4.78 is 0. The van der Waals surface area contributed by atoms with E-state index in [2.05, 4.69) is 0 Å². The normalized spacial score (nSPS) is 0. The third kappa shape index (κ3) is 8.83. The maximum atomic E-state index is 0. The summed E-state index contributed by atoms with van der Waals surface area (Å²) >= 11 is 0. The second kappa shape index (κ2) is 18.2. The van der Waals surface area contributed by atoms with Gasteiger partial charge in [0, 0.05) is 75.8 Å². The van der Waals surface area contributed by atoms with E-state index in [0.717, 1.165) is 0 Å². The van der Waals surface area contributed by atoms with E-state index in [-0.39, 0.29) is 75.8 Å². The van der Waals surface area contributed by atoms with Crippen molar-refractivity contribution in [2.45, 2.75) is 0 Å². The summed E-state index contributed by atoms with van der Waals surface area (Å²) in [6.45, 7) is 0. The molecule has 4 heavy (non-hydrogen) atoms. The van der Waals surface area contributed by atoms with Crippen LogP contribution < -0.4 is 0 Å². The topological polar surface area (TPSA) is 0 Å². The molecule has 0 nitrogen and oxygen atoms in total. The Hall–Kier alpha value is 2.39. The van der Waals surface area contributed by atoms with Crippen LogP contribution in [0.5, 0.6) is 0 Å². The quantitative estimate of drug-likeness (QED) is 0.484. The van der Waals surface area contributed by atoms with E-state index >= 15 is 0 Å². The van der Waals surface area contributed by atoms with Gasteiger partial charge in [-0.15, -0.1) is 0 Å². The van der Waals surface area contributed by atoms with Crippen molar-refractivity contribution in [1.82, 2.24) is 0 Å². The van der Waals surface area contributed by atoms with Crippen LogP contribution in [0.2, 0.25) is 0 Å². The fraction of sp³-hybridized carbons (Fsp3) is 0. The summed E-state index contributed by atoms with van der Waals surface area (Å²) in [4.78, 5) is 0. The van der Waals surface area contributed by atoms with Crippen molar-refractivity contribution < 1.29 is 75.8 Å². The van der Waals surface area contributed by atoms with Gasteiger partial charge in [-0.1, -0.05) is 0 Å². The molecule has 0 heterocycles. The fourth-order valence-corrected chi connectivity index (χ4v) is 0. The zero-order valence-electron chi connectivity index (χ0n) is 1.25. The minimum absolute atomic E-state index is 0. The summed E-state index contributed by atoms with van der Waals surface area (Å²) in [5, 5.41) is 0. The molecule has 4 heteroatoms. The molecule has 0 aliphatic heterocycles. The van der Waals surface area contributed by atoms with Gasteiger partial charge in [-0.25, -0.2) is 0 Å². The third-order valence-electron chi connectivity index (χ3n) is 0. The summed E-state index contributed by atoms with van der Waals surface area (Å²) in [6.07, 6.45) is 0. The van der Waals surface area contributed by atoms with Crippen molar-refractivity contribution >= 4 is 0 Å². The molecule has 0 amide bonds. The van der Waals surface area contributed by atoms with Crippen molar-refractivity contribution in [3.05, 3.63) is 0 Å². The molecule has 1 radical (unpaired) electrons. The van der Waals surface area contributed by atoms with Crippen molar-refractivity contribution in [2.75, 3.05) is 0 Å². The van der Waals surface area contributed by atoms with Crippen molar-refractivity contribution in [3.63, 3.8) is 0 Å². The minimum atomic E-state index is 0. The molecule has 0 saturated heterocycles. The van der Waals surface area contributed by atoms with Crippen LogP contribution in [-0.2, 0) is 75.8 Å². The second-order valence-corrected chi connectivity index (χ2v) is 0. The molecule has 0 aliphatic rings. The molecular formula is AuNi2Pd. The van der Waals surface area contributed by atoms with Gasteiger partial charge in [0.25, 0.3) is 0 Å². The molecule has 41 valence electrons. The molecule has 0 unspecified atom stereocenters. The van der Waals surface area contributed by atoms with Gasteiger partial charge in [0.2, 0.25) is 0 Å². The SMILES string of the molecule is [Au].[Ni].[Ni].[Pd]. The molecule has 0 aliphatic carbocycles. The van der Waals surface area contributed by atoms with Crippen LogP contribution >= 0.6 is 0 Å². The molecule has 0 N–H and O–H groups in total. The Morgan fingerprint density at radius 2 is 0.750 bits per heavy atom. The first-order valence-electron chi connectivity index (χ1n) is 0. The monoisotopic (exact) mass is 419 g/mol. The Kier molecular flexibility index (Phi) is 148. The van der Waals surface area contributed by atoms with Gasteiger partial charge in [0.1, 0.15) is 0 Å². The van der Waals surface area contributed by atoms with Crippen molar-refractivity contribution in [1.29, 1.82) is 0 Å². The fourth-order valence-electron chi connectivity index (χ4n) is 0. The van der Waals surface area contributed by atoms with Crippen LogP contribution in [0.15, 0.2) is 0 Å². The van der Waals surface area contributed by atoms with E-state index in [9.17, 15) is 0 Å². The Bertz CT molecular complexity index is 6.00. The van der Waals surface area contributed by atoms with E-state index in [4.69, 9.17) is 0 Å². The van der Waals surface area contributed by atoms with Crippen LogP contribution in [0.1, 0.15) is 0 Å². The van der Waals surface area contributed by atoms with Gasteiger partial charge in [0.15, 0.2) is 0 Å². The van der Waals surface area contributed by atoms with Crippen LogP contribution in [0.4, 0.5) is 0 Å². The first-order valence-corrected chi connectivity index (χ1v) is 0. The first kappa shape index (κ1) is 32.5. The van der Waals surface area contributed by atoms with Gasteiger partial charge in [-0.3, -0.25) is 0 Å². The van der Waals surface area contributed by atoms with E-state index in [1.165, 1.54) is 0 Å². The van der Waals surface area contributed by atoms with Gasteiger partial charge in [-0.05, 0) is 0 Å². The smallest absolute Gasteiger partial charge is 0 e. The summed E-state index contributed by atoms with van der Waals surface area (Å²) in [5.41, 5.74) is 0.